The number of rotatable bonds is 13. The van der Waals surface area contributed by atoms with E-state index in [2.05, 4.69) is 20.1 Å². The molecule has 2 bridgehead atoms. The van der Waals surface area contributed by atoms with Crippen LogP contribution in [0.15, 0.2) is 25.3 Å². The highest BCUT2D eigenvalue weighted by Crippen LogP contribution is 2.63. The highest BCUT2D eigenvalue weighted by Gasteiger charge is 2.78. The lowest BCUT2D eigenvalue weighted by Gasteiger charge is -2.37. The topological polar surface area (TPSA) is 90.4 Å². The molecule has 3 saturated heterocycles. The fourth-order valence-corrected chi connectivity index (χ4v) is 6.26. The number of likely N-dealkylation sites (N-methyl/N-ethyl adjacent to an activating group) is 1. The molecule has 0 aromatic carbocycles. The first kappa shape index (κ1) is 26.4. The summed E-state index contributed by atoms with van der Waals surface area (Å²) >= 11 is 0. The quantitative estimate of drug-likeness (QED) is 0.325. The van der Waals surface area contributed by atoms with Crippen molar-refractivity contribution in [2.45, 2.75) is 69.6 Å². The third-order valence-electron chi connectivity index (χ3n) is 7.81. The first-order valence-corrected chi connectivity index (χ1v) is 12.6. The van der Waals surface area contributed by atoms with E-state index in [1.165, 1.54) is 0 Å². The summed E-state index contributed by atoms with van der Waals surface area (Å²) in [6.07, 6.45) is 7.81. The average molecular weight is 476 g/mol. The van der Waals surface area contributed by atoms with Crippen LogP contribution in [0.2, 0.25) is 0 Å². The molecule has 2 unspecified atom stereocenters. The molecule has 34 heavy (non-hydrogen) atoms. The van der Waals surface area contributed by atoms with Crippen LogP contribution in [0.25, 0.3) is 0 Å². The van der Waals surface area contributed by atoms with Crippen LogP contribution in [-0.4, -0.2) is 94.6 Å². The van der Waals surface area contributed by atoms with Crippen LogP contribution in [0, 0.1) is 11.8 Å². The number of aliphatic hydroxyl groups excluding tert-OH is 1. The number of ether oxygens (including phenoxy) is 1. The summed E-state index contributed by atoms with van der Waals surface area (Å²) in [6, 6.07) is -0.803. The summed E-state index contributed by atoms with van der Waals surface area (Å²) in [6.45, 7) is 13.1. The van der Waals surface area contributed by atoms with Crippen LogP contribution in [0.1, 0.15) is 52.4 Å². The molecule has 5 atom stereocenters. The molecule has 1 spiro atoms. The Morgan fingerprint density at radius 2 is 1.88 bits per heavy atom. The van der Waals surface area contributed by atoms with Crippen molar-refractivity contribution < 1.29 is 24.2 Å². The second kappa shape index (κ2) is 10.6. The number of amides is 3. The number of likely N-dealkylation sites (tertiary alicyclic amines) is 1. The van der Waals surface area contributed by atoms with Crippen molar-refractivity contribution in [3.05, 3.63) is 25.3 Å². The summed E-state index contributed by atoms with van der Waals surface area (Å²) < 4.78 is 6.63. The maximum absolute atomic E-state index is 14.0. The molecule has 0 saturated carbocycles. The number of aliphatic hydroxyl groups is 1. The van der Waals surface area contributed by atoms with Gasteiger partial charge in [0.05, 0.1) is 17.4 Å². The molecule has 8 heteroatoms. The molecular weight excluding hydrogens is 434 g/mol. The van der Waals surface area contributed by atoms with Crippen molar-refractivity contribution in [2.75, 3.05) is 39.8 Å². The Balaban J connectivity index is 2.01. The zero-order valence-electron chi connectivity index (χ0n) is 21.0. The van der Waals surface area contributed by atoms with Gasteiger partial charge in [0, 0.05) is 39.8 Å². The molecule has 3 aliphatic heterocycles. The van der Waals surface area contributed by atoms with E-state index >= 15 is 0 Å². The summed E-state index contributed by atoms with van der Waals surface area (Å²) in [5.74, 6) is -1.88. The van der Waals surface area contributed by atoms with Gasteiger partial charge in [0.25, 0.3) is 0 Å². The lowest BCUT2D eigenvalue weighted by molar-refractivity contribution is -0.153. The van der Waals surface area contributed by atoms with Crippen molar-refractivity contribution in [3.63, 3.8) is 0 Å². The lowest BCUT2D eigenvalue weighted by atomic mass is 9.66. The zero-order chi connectivity index (χ0) is 25.1. The Kier molecular flexibility index (Phi) is 8.24. The van der Waals surface area contributed by atoms with Crippen molar-refractivity contribution in [1.29, 1.82) is 0 Å². The van der Waals surface area contributed by atoms with Gasteiger partial charge in [-0.25, -0.2) is 0 Å². The van der Waals surface area contributed by atoms with E-state index in [1.54, 1.807) is 33.9 Å². The Morgan fingerprint density at radius 1 is 1.18 bits per heavy atom. The normalized spacial score (nSPS) is 31.5. The highest BCUT2D eigenvalue weighted by molar-refractivity contribution is 5.99. The van der Waals surface area contributed by atoms with Gasteiger partial charge < -0.3 is 24.5 Å². The minimum absolute atomic E-state index is 0.0851. The third kappa shape index (κ3) is 4.31. The van der Waals surface area contributed by atoms with Crippen LogP contribution in [-0.2, 0) is 19.1 Å². The molecule has 8 nitrogen and oxygen atoms in total. The van der Waals surface area contributed by atoms with Gasteiger partial charge in [-0.2, -0.15) is 0 Å². The monoisotopic (exact) mass is 475 g/mol. The van der Waals surface area contributed by atoms with Gasteiger partial charge >= 0.3 is 0 Å². The number of unbranched alkanes of at least 4 members (excludes halogenated alkanes) is 2. The number of hydrogen-bond donors (Lipinski definition) is 1. The number of hydrogen-bond acceptors (Lipinski definition) is 5. The molecule has 0 aliphatic carbocycles. The molecule has 3 aliphatic rings. The molecule has 3 amide bonds. The van der Waals surface area contributed by atoms with Crippen LogP contribution in [0.3, 0.4) is 0 Å². The van der Waals surface area contributed by atoms with Gasteiger partial charge in [-0.05, 0) is 32.6 Å². The Hall–Kier alpha value is -2.19. The van der Waals surface area contributed by atoms with E-state index in [4.69, 9.17) is 4.74 Å². The number of fused-ring (bicyclic) bond motifs is 1. The van der Waals surface area contributed by atoms with Crippen LogP contribution < -0.4 is 0 Å². The Bertz CT molecular complexity index is 816. The lowest BCUT2D eigenvalue weighted by Crippen LogP contribution is -2.56. The molecular formula is C26H41N3O5. The minimum Gasteiger partial charge on any atom is -0.396 e. The second-order valence-corrected chi connectivity index (χ2v) is 10.1. The van der Waals surface area contributed by atoms with Gasteiger partial charge in [0.15, 0.2) is 0 Å². The standard InChI is InChI=1S/C26H41N3O5/c1-6-9-10-16-28(15-8-3)24(33)21-26-13-12-25(4,34-26)19(22(31)27(5)14-7-2)20(26)23(32)29(21)17-11-18-30/h7-8,19-21,30H,2-3,6,9-18H2,1,4-5H3/t19-,20+,21?,25+,26?/m1/s1. The van der Waals surface area contributed by atoms with Crippen molar-refractivity contribution in [3.8, 4) is 0 Å². The highest BCUT2D eigenvalue weighted by atomic mass is 16.5. The number of carbonyl (C=O) groups is 3. The van der Waals surface area contributed by atoms with Gasteiger partial charge in [0.1, 0.15) is 11.6 Å². The first-order chi connectivity index (χ1) is 16.2. The average Bonchev–Trinajstić information content (AvgIpc) is 3.37. The molecule has 1 N–H and O–H groups in total. The van der Waals surface area contributed by atoms with E-state index in [0.717, 1.165) is 19.3 Å². The third-order valence-corrected chi connectivity index (χ3v) is 7.81. The smallest absolute Gasteiger partial charge is 0.248 e. The first-order valence-electron chi connectivity index (χ1n) is 12.6. The van der Waals surface area contributed by atoms with Gasteiger partial charge in [0.2, 0.25) is 17.7 Å². The van der Waals surface area contributed by atoms with E-state index in [9.17, 15) is 19.5 Å². The van der Waals surface area contributed by atoms with Gasteiger partial charge in [-0.1, -0.05) is 31.9 Å². The summed E-state index contributed by atoms with van der Waals surface area (Å²) in [5, 5.41) is 9.47. The molecule has 190 valence electrons. The SMILES string of the molecule is C=CCN(C)C(=O)[C@H]1[C@H]2C(=O)N(CCCO)C(C(=O)N(CC=C)CCCCC)C23CC[C@]1(C)O3. The molecule has 3 rings (SSSR count). The van der Waals surface area contributed by atoms with E-state index in [-0.39, 0.29) is 30.9 Å². The van der Waals surface area contributed by atoms with Crippen molar-refractivity contribution in [1.82, 2.24) is 14.7 Å². The fourth-order valence-electron chi connectivity index (χ4n) is 6.26. The summed E-state index contributed by atoms with van der Waals surface area (Å²) in [7, 11) is 1.71. The predicted octanol–water partition coefficient (Wildman–Crippen LogP) is 1.98. The van der Waals surface area contributed by atoms with Crippen molar-refractivity contribution >= 4 is 17.7 Å². The Labute approximate surface area is 203 Å². The van der Waals surface area contributed by atoms with Gasteiger partial charge in [-0.15, -0.1) is 13.2 Å². The summed E-state index contributed by atoms with van der Waals surface area (Å²) in [4.78, 5) is 46.3. The molecule has 3 heterocycles. The number of carbonyl (C=O) groups excluding carboxylic acids is 3. The maximum atomic E-state index is 14.0. The van der Waals surface area contributed by atoms with E-state index < -0.39 is 29.1 Å². The van der Waals surface area contributed by atoms with Crippen LogP contribution in [0.5, 0.6) is 0 Å². The minimum atomic E-state index is -1.03. The molecule has 0 aromatic heterocycles. The van der Waals surface area contributed by atoms with Crippen LogP contribution >= 0.6 is 0 Å². The van der Waals surface area contributed by atoms with E-state index in [1.807, 2.05) is 6.92 Å². The predicted molar refractivity (Wildman–Crippen MR) is 130 cm³/mol. The Morgan fingerprint density at radius 3 is 2.50 bits per heavy atom. The zero-order valence-corrected chi connectivity index (χ0v) is 21.0. The molecule has 0 aromatic rings. The largest absolute Gasteiger partial charge is 0.396 e. The second-order valence-electron chi connectivity index (χ2n) is 10.1. The molecule has 0 radical (unpaired) electrons. The fraction of sp³-hybridized carbons (Fsp3) is 0.731. The molecule has 3 fully saturated rings. The number of nitrogens with zero attached hydrogens (tertiary/aromatic N) is 3. The summed E-state index contributed by atoms with van der Waals surface area (Å²) in [5.41, 5.74) is -1.82. The van der Waals surface area contributed by atoms with Crippen molar-refractivity contribution in [2.24, 2.45) is 11.8 Å². The van der Waals surface area contributed by atoms with Gasteiger partial charge in [-0.3, -0.25) is 14.4 Å². The maximum Gasteiger partial charge on any atom is 0.248 e. The van der Waals surface area contributed by atoms with E-state index in [0.29, 0.717) is 38.9 Å². The van der Waals surface area contributed by atoms with Crippen LogP contribution in [0.4, 0.5) is 0 Å².